The van der Waals surface area contributed by atoms with Crippen molar-refractivity contribution in [2.45, 2.75) is 13.8 Å². The highest BCUT2D eigenvalue weighted by Gasteiger charge is 2.02. The third-order valence-electron chi connectivity index (χ3n) is 2.06. The van der Waals surface area contributed by atoms with E-state index >= 15 is 0 Å². The lowest BCUT2D eigenvalue weighted by atomic mass is 10.3. The van der Waals surface area contributed by atoms with Gasteiger partial charge in [0, 0.05) is 0 Å². The maximum absolute atomic E-state index is 4.14. The van der Waals surface area contributed by atoms with Crippen LogP contribution in [0.2, 0.25) is 0 Å². The van der Waals surface area contributed by atoms with Crippen LogP contribution in [0.4, 0.5) is 5.82 Å². The number of hydrogen-bond acceptors (Lipinski definition) is 3. The largest absolute Gasteiger partial charge is 0.359 e. The van der Waals surface area contributed by atoms with Gasteiger partial charge in [0.2, 0.25) is 0 Å². The van der Waals surface area contributed by atoms with Crippen molar-refractivity contribution in [3.05, 3.63) is 24.0 Å². The van der Waals surface area contributed by atoms with Crippen molar-refractivity contribution >= 4 is 11.5 Å². The van der Waals surface area contributed by atoms with E-state index < -0.39 is 0 Å². The molecule has 1 N–H and O–H groups in total. The van der Waals surface area contributed by atoms with Crippen molar-refractivity contribution in [2.75, 3.05) is 11.9 Å². The molecule has 0 saturated carbocycles. The van der Waals surface area contributed by atoms with Crippen LogP contribution in [0.1, 0.15) is 12.5 Å². The summed E-state index contributed by atoms with van der Waals surface area (Å²) in [5.41, 5.74) is 2.00. The van der Waals surface area contributed by atoms with Gasteiger partial charge in [0.15, 0.2) is 5.65 Å². The normalized spacial score (nSPS) is 9.73. The van der Waals surface area contributed by atoms with Gasteiger partial charge in [0.05, 0.1) is 6.54 Å². The quantitative estimate of drug-likeness (QED) is 0.746. The molecular formula is C11H12N4. The highest BCUT2D eigenvalue weighted by atomic mass is 15.3. The Bertz CT molecular complexity index is 530. The first-order valence-corrected chi connectivity index (χ1v) is 4.75. The van der Waals surface area contributed by atoms with E-state index in [1.165, 1.54) is 0 Å². The molecule has 76 valence electrons. The summed E-state index contributed by atoms with van der Waals surface area (Å²) in [5.74, 6) is 6.71. The molecule has 2 heterocycles. The van der Waals surface area contributed by atoms with Gasteiger partial charge in [-0.25, -0.2) is 4.98 Å². The third kappa shape index (κ3) is 1.91. The molecule has 0 aliphatic carbocycles. The molecule has 0 saturated heterocycles. The molecule has 0 aliphatic heterocycles. The topological polar surface area (TPSA) is 42.2 Å². The Labute approximate surface area is 88.3 Å². The van der Waals surface area contributed by atoms with Crippen molar-refractivity contribution in [2.24, 2.45) is 0 Å². The van der Waals surface area contributed by atoms with Gasteiger partial charge in [0.25, 0.3) is 0 Å². The predicted molar refractivity (Wildman–Crippen MR) is 59.7 cm³/mol. The second kappa shape index (κ2) is 4.01. The van der Waals surface area contributed by atoms with Gasteiger partial charge < -0.3 is 5.32 Å². The molecule has 4 nitrogen and oxygen atoms in total. The SMILES string of the molecule is CC#CCNc1cc(C)cc2ncnn12. The zero-order valence-electron chi connectivity index (χ0n) is 8.78. The molecule has 2 aromatic rings. The summed E-state index contributed by atoms with van der Waals surface area (Å²) in [6.07, 6.45) is 1.55. The lowest BCUT2D eigenvalue weighted by Crippen LogP contribution is -2.05. The molecule has 0 bridgehead atoms. The summed E-state index contributed by atoms with van der Waals surface area (Å²) in [5, 5.41) is 7.34. The lowest BCUT2D eigenvalue weighted by Gasteiger charge is -2.05. The number of anilines is 1. The molecule has 0 amide bonds. The Balaban J connectivity index is 2.38. The van der Waals surface area contributed by atoms with Gasteiger partial charge >= 0.3 is 0 Å². The Morgan fingerprint density at radius 1 is 1.47 bits per heavy atom. The fraction of sp³-hybridized carbons (Fsp3) is 0.273. The van der Waals surface area contributed by atoms with E-state index in [0.717, 1.165) is 17.0 Å². The monoisotopic (exact) mass is 200 g/mol. The first-order valence-electron chi connectivity index (χ1n) is 4.75. The Morgan fingerprint density at radius 3 is 3.13 bits per heavy atom. The molecule has 4 heteroatoms. The average molecular weight is 200 g/mol. The van der Waals surface area contributed by atoms with Crippen LogP contribution in [0.3, 0.4) is 0 Å². The first-order chi connectivity index (χ1) is 7.31. The van der Waals surface area contributed by atoms with Crippen molar-refractivity contribution < 1.29 is 0 Å². The molecule has 2 aromatic heterocycles. The zero-order valence-corrected chi connectivity index (χ0v) is 8.78. The van der Waals surface area contributed by atoms with E-state index in [1.54, 1.807) is 10.8 Å². The standard InChI is InChI=1S/C11H12N4/c1-3-4-5-12-10-6-9(2)7-11-13-8-14-15(10)11/h6-8,12H,5H2,1-2H3. The van der Waals surface area contributed by atoms with Gasteiger partial charge in [-0.3, -0.25) is 0 Å². The maximum atomic E-state index is 4.14. The highest BCUT2D eigenvalue weighted by Crippen LogP contribution is 2.12. The first kappa shape index (κ1) is 9.53. The number of aromatic nitrogens is 3. The van der Waals surface area contributed by atoms with Crippen LogP contribution in [-0.4, -0.2) is 21.1 Å². The fourth-order valence-electron chi connectivity index (χ4n) is 1.41. The van der Waals surface area contributed by atoms with Crippen molar-refractivity contribution in [3.63, 3.8) is 0 Å². The molecule has 0 atom stereocenters. The summed E-state index contributed by atoms with van der Waals surface area (Å²) in [6, 6.07) is 4.02. The van der Waals surface area contributed by atoms with E-state index in [9.17, 15) is 0 Å². The third-order valence-corrected chi connectivity index (χ3v) is 2.06. The average Bonchev–Trinajstić information content (AvgIpc) is 2.65. The number of nitrogens with one attached hydrogen (secondary N) is 1. The van der Waals surface area contributed by atoms with Gasteiger partial charge in [-0.05, 0) is 31.5 Å². The van der Waals surface area contributed by atoms with Crippen molar-refractivity contribution in [3.8, 4) is 11.8 Å². The number of aryl methyl sites for hydroxylation is 1. The summed E-state index contributed by atoms with van der Waals surface area (Å²) >= 11 is 0. The molecular weight excluding hydrogens is 188 g/mol. The highest BCUT2D eigenvalue weighted by molar-refractivity contribution is 5.51. The van der Waals surface area contributed by atoms with Gasteiger partial charge in [-0.15, -0.1) is 5.92 Å². The molecule has 0 fully saturated rings. The van der Waals surface area contributed by atoms with Gasteiger partial charge in [-0.2, -0.15) is 9.61 Å². The minimum Gasteiger partial charge on any atom is -0.359 e. The Morgan fingerprint density at radius 2 is 2.33 bits per heavy atom. The second-order valence-corrected chi connectivity index (χ2v) is 3.23. The summed E-state index contributed by atoms with van der Waals surface area (Å²) in [6.45, 7) is 4.48. The van der Waals surface area contributed by atoms with Gasteiger partial charge in [-0.1, -0.05) is 5.92 Å². The number of rotatable bonds is 2. The minimum atomic E-state index is 0.620. The van der Waals surface area contributed by atoms with E-state index in [-0.39, 0.29) is 0 Å². The Kier molecular flexibility index (Phi) is 2.55. The molecule has 0 radical (unpaired) electrons. The molecule has 15 heavy (non-hydrogen) atoms. The molecule has 0 unspecified atom stereocenters. The Hall–Kier alpha value is -2.02. The zero-order chi connectivity index (χ0) is 10.7. The summed E-state index contributed by atoms with van der Waals surface area (Å²) < 4.78 is 1.77. The van der Waals surface area contributed by atoms with Crippen molar-refractivity contribution in [1.82, 2.24) is 14.6 Å². The number of pyridine rings is 1. The van der Waals surface area contributed by atoms with Crippen LogP contribution in [0.15, 0.2) is 18.5 Å². The van der Waals surface area contributed by atoms with Crippen molar-refractivity contribution in [1.29, 1.82) is 0 Å². The summed E-state index contributed by atoms with van der Waals surface area (Å²) in [7, 11) is 0. The van der Waals surface area contributed by atoms with Crippen LogP contribution in [-0.2, 0) is 0 Å². The van der Waals surface area contributed by atoms with Crippen LogP contribution in [0.5, 0.6) is 0 Å². The van der Waals surface area contributed by atoms with Gasteiger partial charge in [0.1, 0.15) is 12.1 Å². The molecule has 0 aromatic carbocycles. The van der Waals surface area contributed by atoms with E-state index in [1.807, 2.05) is 26.0 Å². The number of fused-ring (bicyclic) bond motifs is 1. The second-order valence-electron chi connectivity index (χ2n) is 3.23. The predicted octanol–water partition coefficient (Wildman–Crippen LogP) is 1.47. The molecule has 0 spiro atoms. The van der Waals surface area contributed by atoms with Crippen LogP contribution < -0.4 is 5.32 Å². The van der Waals surface area contributed by atoms with Crippen LogP contribution in [0, 0.1) is 18.8 Å². The summed E-state index contributed by atoms with van der Waals surface area (Å²) in [4.78, 5) is 4.14. The maximum Gasteiger partial charge on any atom is 0.157 e. The lowest BCUT2D eigenvalue weighted by molar-refractivity contribution is 0.956. The molecule has 2 rings (SSSR count). The number of hydrogen-bond donors (Lipinski definition) is 1. The smallest absolute Gasteiger partial charge is 0.157 e. The fourth-order valence-corrected chi connectivity index (χ4v) is 1.41. The van der Waals surface area contributed by atoms with E-state index in [4.69, 9.17) is 0 Å². The van der Waals surface area contributed by atoms with Crippen LogP contribution >= 0.6 is 0 Å². The van der Waals surface area contributed by atoms with E-state index in [2.05, 4.69) is 27.2 Å². The van der Waals surface area contributed by atoms with E-state index in [0.29, 0.717) is 6.54 Å². The number of nitrogens with zero attached hydrogens (tertiary/aromatic N) is 3. The van der Waals surface area contributed by atoms with Crippen LogP contribution in [0.25, 0.3) is 5.65 Å². The molecule has 0 aliphatic rings. The minimum absolute atomic E-state index is 0.620.